The molecule has 0 radical (unpaired) electrons. The largest absolute Gasteiger partial charge is 0.478 e. The van der Waals surface area contributed by atoms with E-state index in [-0.39, 0.29) is 11.1 Å². The number of carbonyl (C=O) groups is 2. The summed E-state index contributed by atoms with van der Waals surface area (Å²) < 4.78 is 0. The zero-order chi connectivity index (χ0) is 27.0. The van der Waals surface area contributed by atoms with Crippen molar-refractivity contribution in [3.05, 3.63) is 105 Å². The first-order chi connectivity index (χ1) is 17.5. The number of rotatable bonds is 6. The topological polar surface area (TPSA) is 74.6 Å². The summed E-state index contributed by atoms with van der Waals surface area (Å²) in [6, 6.07) is 18.1. The van der Waals surface area contributed by atoms with Gasteiger partial charge in [-0.2, -0.15) is 0 Å². The lowest BCUT2D eigenvalue weighted by atomic mass is 9.82. The summed E-state index contributed by atoms with van der Waals surface area (Å²) in [4.78, 5) is 26.7. The minimum atomic E-state index is -1.02. The van der Waals surface area contributed by atoms with E-state index in [1.54, 1.807) is 42.1 Å². The van der Waals surface area contributed by atoms with Crippen LogP contribution in [0.5, 0.6) is 0 Å². The van der Waals surface area contributed by atoms with Crippen LogP contribution in [0.15, 0.2) is 70.5 Å². The normalized spacial score (nSPS) is 11.0. The Balaban J connectivity index is 2.15. The van der Waals surface area contributed by atoms with Crippen LogP contribution in [-0.2, 0) is 0 Å². The quantitative estimate of drug-likeness (QED) is 0.272. The van der Waals surface area contributed by atoms with Gasteiger partial charge < -0.3 is 10.2 Å². The summed E-state index contributed by atoms with van der Waals surface area (Å²) in [5.41, 5.74) is 9.54. The minimum Gasteiger partial charge on any atom is -0.478 e. The summed E-state index contributed by atoms with van der Waals surface area (Å²) in [6.07, 6.45) is 0. The summed E-state index contributed by atoms with van der Waals surface area (Å²) in [5, 5.41) is 20.1. The third kappa shape index (κ3) is 4.67. The van der Waals surface area contributed by atoms with Crippen molar-refractivity contribution >= 4 is 23.7 Å². The highest BCUT2D eigenvalue weighted by molar-refractivity contribution is 7.99. The van der Waals surface area contributed by atoms with E-state index in [1.807, 2.05) is 32.0 Å². The second-order valence-electron chi connectivity index (χ2n) is 9.41. The van der Waals surface area contributed by atoms with E-state index in [0.29, 0.717) is 11.1 Å². The summed E-state index contributed by atoms with van der Waals surface area (Å²) >= 11 is 1.70. The van der Waals surface area contributed by atoms with E-state index in [1.165, 1.54) is 21.6 Å². The molecule has 4 aromatic rings. The van der Waals surface area contributed by atoms with Gasteiger partial charge in [0.2, 0.25) is 0 Å². The van der Waals surface area contributed by atoms with Crippen LogP contribution < -0.4 is 0 Å². The molecule has 0 unspecified atom stereocenters. The Morgan fingerprint density at radius 3 is 1.51 bits per heavy atom. The Bertz CT molecular complexity index is 1570. The molecule has 4 aromatic carbocycles. The molecule has 0 heterocycles. The third-order valence-electron chi connectivity index (χ3n) is 7.18. The number of benzene rings is 4. The van der Waals surface area contributed by atoms with Gasteiger partial charge in [-0.05, 0) is 109 Å². The van der Waals surface area contributed by atoms with Crippen molar-refractivity contribution in [3.63, 3.8) is 0 Å². The zero-order valence-corrected chi connectivity index (χ0v) is 22.7. The maximum absolute atomic E-state index is 12.3. The molecule has 0 aliphatic carbocycles. The highest BCUT2D eigenvalue weighted by Gasteiger charge is 2.26. The summed E-state index contributed by atoms with van der Waals surface area (Å²) in [6.45, 7) is 12.4. The Morgan fingerprint density at radius 1 is 0.541 bits per heavy atom. The van der Waals surface area contributed by atoms with E-state index in [4.69, 9.17) is 0 Å². The summed E-state index contributed by atoms with van der Waals surface area (Å²) in [7, 11) is 0. The van der Waals surface area contributed by atoms with E-state index >= 15 is 0 Å². The Morgan fingerprint density at radius 2 is 1.00 bits per heavy atom. The number of hydrogen-bond acceptors (Lipinski definition) is 3. The Labute approximate surface area is 222 Å². The van der Waals surface area contributed by atoms with Gasteiger partial charge in [0, 0.05) is 9.79 Å². The van der Waals surface area contributed by atoms with Crippen molar-refractivity contribution in [2.45, 2.75) is 51.3 Å². The molecule has 0 saturated heterocycles. The lowest BCUT2D eigenvalue weighted by molar-refractivity contribution is 0.0686. The van der Waals surface area contributed by atoms with Gasteiger partial charge in [0.15, 0.2) is 0 Å². The van der Waals surface area contributed by atoms with E-state index < -0.39 is 11.9 Å². The predicted molar refractivity (Wildman–Crippen MR) is 150 cm³/mol. The molecule has 0 aromatic heterocycles. The zero-order valence-electron chi connectivity index (χ0n) is 21.9. The van der Waals surface area contributed by atoms with Gasteiger partial charge in [-0.15, -0.1) is 0 Å². The fourth-order valence-electron chi connectivity index (χ4n) is 4.91. The van der Waals surface area contributed by atoms with Crippen LogP contribution in [0.25, 0.3) is 22.3 Å². The molecule has 188 valence electrons. The van der Waals surface area contributed by atoms with Crippen molar-refractivity contribution in [3.8, 4) is 22.3 Å². The van der Waals surface area contributed by atoms with Gasteiger partial charge in [-0.3, -0.25) is 0 Å². The number of aryl methyl sites for hydroxylation is 2. The molecule has 0 aliphatic heterocycles. The molecular formula is C32H30O4S. The number of carboxylic acids is 2. The molecule has 0 fully saturated rings. The van der Waals surface area contributed by atoms with Gasteiger partial charge in [0.05, 0.1) is 11.1 Å². The highest BCUT2D eigenvalue weighted by Crippen LogP contribution is 2.48. The summed E-state index contributed by atoms with van der Waals surface area (Å²) in [5.74, 6) is -2.04. The molecule has 0 saturated carbocycles. The molecule has 2 N–H and O–H groups in total. The molecule has 0 amide bonds. The number of aromatic carboxylic acids is 2. The maximum atomic E-state index is 12.3. The van der Waals surface area contributed by atoms with Crippen molar-refractivity contribution in [2.75, 3.05) is 0 Å². The first kappa shape index (κ1) is 26.2. The van der Waals surface area contributed by atoms with Gasteiger partial charge in [-0.1, -0.05) is 60.3 Å². The standard InChI is InChI=1S/C32H30O4S/c1-17-15-16-18(2)29(19(17)3)37-30-21(5)20(4)27(23-11-7-9-13-25(23)31(33)34)28(22(30)6)24-12-8-10-14-26(24)32(35)36/h7-16H,1-6H3,(H,33,34)(H,35,36). The first-order valence-electron chi connectivity index (χ1n) is 12.1. The fraction of sp³-hybridized carbons (Fsp3) is 0.188. The van der Waals surface area contributed by atoms with Crippen LogP contribution in [0.2, 0.25) is 0 Å². The van der Waals surface area contributed by atoms with E-state index in [0.717, 1.165) is 32.7 Å². The van der Waals surface area contributed by atoms with Gasteiger partial charge >= 0.3 is 11.9 Å². The first-order valence-corrected chi connectivity index (χ1v) is 12.9. The van der Waals surface area contributed by atoms with Crippen molar-refractivity contribution in [2.24, 2.45) is 0 Å². The average Bonchev–Trinajstić information content (AvgIpc) is 2.88. The molecule has 5 heteroatoms. The second-order valence-corrected chi connectivity index (χ2v) is 10.4. The van der Waals surface area contributed by atoms with Crippen molar-refractivity contribution in [1.82, 2.24) is 0 Å². The molecule has 4 rings (SSSR count). The Hall–Kier alpha value is -3.83. The van der Waals surface area contributed by atoms with E-state index in [2.05, 4.69) is 39.8 Å². The predicted octanol–water partition coefficient (Wildman–Crippen LogP) is 8.42. The van der Waals surface area contributed by atoms with Crippen LogP contribution in [0, 0.1) is 41.5 Å². The molecule has 4 nitrogen and oxygen atoms in total. The Kier molecular flexibility index (Phi) is 7.28. The monoisotopic (exact) mass is 510 g/mol. The fourth-order valence-corrected chi connectivity index (χ4v) is 6.22. The third-order valence-corrected chi connectivity index (χ3v) is 8.82. The molecule has 0 bridgehead atoms. The van der Waals surface area contributed by atoms with Crippen molar-refractivity contribution < 1.29 is 19.8 Å². The van der Waals surface area contributed by atoms with Crippen LogP contribution >= 0.6 is 11.8 Å². The number of hydrogen-bond donors (Lipinski definition) is 2. The molecule has 0 atom stereocenters. The molecule has 0 aliphatic rings. The van der Waals surface area contributed by atoms with Crippen LogP contribution in [0.3, 0.4) is 0 Å². The highest BCUT2D eigenvalue weighted by atomic mass is 32.2. The van der Waals surface area contributed by atoms with Gasteiger partial charge in [0.1, 0.15) is 0 Å². The van der Waals surface area contributed by atoms with Gasteiger partial charge in [-0.25, -0.2) is 9.59 Å². The van der Waals surface area contributed by atoms with Crippen LogP contribution in [0.4, 0.5) is 0 Å². The SMILES string of the molecule is Cc1ccc(C)c(Sc2c(C)c(C)c(-c3ccccc3C(=O)O)c(-c3ccccc3C(=O)O)c2C)c1C. The van der Waals surface area contributed by atoms with Crippen LogP contribution in [0.1, 0.15) is 54.1 Å². The second kappa shape index (κ2) is 10.3. The molecular weight excluding hydrogens is 480 g/mol. The smallest absolute Gasteiger partial charge is 0.336 e. The van der Waals surface area contributed by atoms with Crippen molar-refractivity contribution in [1.29, 1.82) is 0 Å². The molecule has 0 spiro atoms. The van der Waals surface area contributed by atoms with E-state index in [9.17, 15) is 19.8 Å². The number of carboxylic acid groups (broad SMARTS) is 2. The lowest BCUT2D eigenvalue weighted by Crippen LogP contribution is -2.07. The molecule has 37 heavy (non-hydrogen) atoms. The lowest BCUT2D eigenvalue weighted by Gasteiger charge is -2.25. The van der Waals surface area contributed by atoms with Gasteiger partial charge in [0.25, 0.3) is 0 Å². The average molecular weight is 511 g/mol. The maximum Gasteiger partial charge on any atom is 0.336 e. The minimum absolute atomic E-state index is 0.182. The van der Waals surface area contributed by atoms with Crippen LogP contribution in [-0.4, -0.2) is 22.2 Å².